The van der Waals surface area contributed by atoms with Gasteiger partial charge in [0.2, 0.25) is 0 Å². The number of hydrogen-bond acceptors (Lipinski definition) is 6. The van der Waals surface area contributed by atoms with E-state index >= 15 is 0 Å². The smallest absolute Gasteiger partial charge is 0.317 e. The molecule has 1 fully saturated rings. The molecule has 1 aliphatic rings. The average Bonchev–Trinajstić information content (AvgIpc) is 3.26. The van der Waals surface area contributed by atoms with Gasteiger partial charge in [-0.2, -0.15) is 0 Å². The highest BCUT2D eigenvalue weighted by molar-refractivity contribution is 8.01. The number of imidazole rings is 1. The highest BCUT2D eigenvalue weighted by Crippen LogP contribution is 2.24. The van der Waals surface area contributed by atoms with Gasteiger partial charge < -0.3 is 15.2 Å². The van der Waals surface area contributed by atoms with E-state index in [9.17, 15) is 4.79 Å². The maximum atomic E-state index is 12.3. The van der Waals surface area contributed by atoms with Gasteiger partial charge in [-0.3, -0.25) is 0 Å². The molecule has 2 aromatic rings. The molecule has 3 rings (SSSR count). The number of likely N-dealkylation sites (tertiary alicyclic amines) is 1. The molecule has 1 saturated heterocycles. The molecule has 0 saturated carbocycles. The minimum Gasteiger partial charge on any atom is -0.348 e. The molecule has 7 nitrogen and oxygen atoms in total. The number of hydrogen-bond donors (Lipinski definition) is 2. The van der Waals surface area contributed by atoms with E-state index in [1.807, 2.05) is 18.0 Å². The Balaban J connectivity index is 1.35. The van der Waals surface area contributed by atoms with Crippen LogP contribution < -0.4 is 5.32 Å². The summed E-state index contributed by atoms with van der Waals surface area (Å²) < 4.78 is 0.996. The third-order valence-corrected chi connectivity index (χ3v) is 6.00. The van der Waals surface area contributed by atoms with Gasteiger partial charge in [0.1, 0.15) is 10.8 Å². The summed E-state index contributed by atoms with van der Waals surface area (Å²) in [7, 11) is 0. The Morgan fingerprint density at radius 2 is 2.46 bits per heavy atom. The number of aromatic nitrogens is 4. The topological polar surface area (TPSA) is 86.8 Å². The second-order valence-corrected chi connectivity index (χ2v) is 8.30. The zero-order chi connectivity index (χ0) is 16.8. The van der Waals surface area contributed by atoms with Crippen molar-refractivity contribution < 1.29 is 4.79 Å². The number of H-pyrrole nitrogens is 1. The van der Waals surface area contributed by atoms with Gasteiger partial charge in [0.05, 0.1) is 0 Å². The first-order valence-corrected chi connectivity index (χ1v) is 9.97. The summed E-state index contributed by atoms with van der Waals surface area (Å²) in [4.78, 5) is 21.7. The molecule has 0 bridgehead atoms. The third-order valence-electron chi connectivity index (χ3n) is 3.95. The fraction of sp³-hybridized carbons (Fsp3) is 0.600. The molecule has 2 aromatic heterocycles. The van der Waals surface area contributed by atoms with E-state index in [0.717, 1.165) is 53.3 Å². The van der Waals surface area contributed by atoms with Crippen LogP contribution in [0.4, 0.5) is 4.79 Å². The van der Waals surface area contributed by atoms with Crippen LogP contribution in [-0.2, 0) is 0 Å². The number of piperidine rings is 1. The monoisotopic (exact) mass is 366 g/mol. The number of carbonyl (C=O) groups is 1. The summed E-state index contributed by atoms with van der Waals surface area (Å²) in [6.07, 6.45) is 6.63. The van der Waals surface area contributed by atoms with Crippen LogP contribution in [-0.4, -0.2) is 56.5 Å². The van der Waals surface area contributed by atoms with Crippen molar-refractivity contribution in [3.8, 4) is 0 Å². The van der Waals surface area contributed by atoms with E-state index in [2.05, 4.69) is 25.5 Å². The molecule has 0 radical (unpaired) electrons. The molecule has 0 aliphatic carbocycles. The summed E-state index contributed by atoms with van der Waals surface area (Å²) in [6.45, 7) is 4.20. The minimum absolute atomic E-state index is 0.0306. The lowest BCUT2D eigenvalue weighted by atomic mass is 9.98. The normalized spacial score (nSPS) is 17.9. The van der Waals surface area contributed by atoms with Crippen LogP contribution in [0.2, 0.25) is 0 Å². The van der Waals surface area contributed by atoms with Crippen molar-refractivity contribution in [3.05, 3.63) is 23.2 Å². The molecule has 1 unspecified atom stereocenters. The maximum absolute atomic E-state index is 12.3. The summed E-state index contributed by atoms with van der Waals surface area (Å²) in [5.41, 5.74) is 0. The number of carbonyl (C=O) groups excluding carboxylic acids is 1. The Hall–Kier alpha value is -1.61. The zero-order valence-corrected chi connectivity index (χ0v) is 15.3. The van der Waals surface area contributed by atoms with Crippen molar-refractivity contribution in [2.75, 3.05) is 25.4 Å². The van der Waals surface area contributed by atoms with Crippen molar-refractivity contribution in [2.24, 2.45) is 0 Å². The molecular formula is C15H22N6OS2. The molecule has 3 heterocycles. The number of rotatable bonds is 6. The van der Waals surface area contributed by atoms with Crippen molar-refractivity contribution in [1.82, 2.24) is 30.4 Å². The Bertz CT molecular complexity index is 644. The highest BCUT2D eigenvalue weighted by Gasteiger charge is 2.25. The van der Waals surface area contributed by atoms with Crippen molar-refractivity contribution in [2.45, 2.75) is 36.4 Å². The number of aromatic amines is 1. The lowest BCUT2D eigenvalue weighted by Gasteiger charge is -2.31. The number of thioether (sulfide) groups is 1. The van der Waals surface area contributed by atoms with Crippen LogP contribution >= 0.6 is 23.1 Å². The highest BCUT2D eigenvalue weighted by atomic mass is 32.2. The van der Waals surface area contributed by atoms with Crippen LogP contribution in [0.3, 0.4) is 0 Å². The maximum Gasteiger partial charge on any atom is 0.317 e. The van der Waals surface area contributed by atoms with Crippen LogP contribution in [0.5, 0.6) is 0 Å². The van der Waals surface area contributed by atoms with E-state index in [0.29, 0.717) is 12.5 Å². The lowest BCUT2D eigenvalue weighted by Crippen LogP contribution is -2.45. The predicted molar refractivity (Wildman–Crippen MR) is 95.5 cm³/mol. The summed E-state index contributed by atoms with van der Waals surface area (Å²) in [5, 5.41) is 12.1. The van der Waals surface area contributed by atoms with Gasteiger partial charge in [-0.1, -0.05) is 23.1 Å². The number of amides is 2. The molecule has 1 atom stereocenters. The molecule has 0 spiro atoms. The lowest BCUT2D eigenvalue weighted by molar-refractivity contribution is 0.178. The predicted octanol–water partition coefficient (Wildman–Crippen LogP) is 2.64. The fourth-order valence-corrected chi connectivity index (χ4v) is 4.59. The molecule has 0 aromatic carbocycles. The van der Waals surface area contributed by atoms with Crippen LogP contribution in [0.15, 0.2) is 16.7 Å². The van der Waals surface area contributed by atoms with E-state index in [4.69, 9.17) is 0 Å². The first-order chi connectivity index (χ1) is 11.7. The van der Waals surface area contributed by atoms with Crippen LogP contribution in [0.25, 0.3) is 0 Å². The second-order valence-electron chi connectivity index (χ2n) is 5.78. The molecular weight excluding hydrogens is 344 g/mol. The van der Waals surface area contributed by atoms with Gasteiger partial charge >= 0.3 is 6.03 Å². The Labute approximate surface area is 149 Å². The number of urea groups is 1. The van der Waals surface area contributed by atoms with Crippen molar-refractivity contribution in [3.63, 3.8) is 0 Å². The first-order valence-electron chi connectivity index (χ1n) is 8.17. The summed E-state index contributed by atoms with van der Waals surface area (Å²) in [5.74, 6) is 2.23. The molecule has 130 valence electrons. The molecule has 2 N–H and O–H groups in total. The molecule has 1 aliphatic heterocycles. The van der Waals surface area contributed by atoms with Gasteiger partial charge in [0, 0.05) is 43.7 Å². The average molecular weight is 367 g/mol. The van der Waals surface area contributed by atoms with Crippen molar-refractivity contribution >= 4 is 29.1 Å². The van der Waals surface area contributed by atoms with Crippen molar-refractivity contribution in [1.29, 1.82) is 0 Å². The number of nitrogens with zero attached hydrogens (tertiary/aromatic N) is 4. The van der Waals surface area contributed by atoms with E-state index in [1.165, 1.54) is 0 Å². The first kappa shape index (κ1) is 17.2. The van der Waals surface area contributed by atoms with Gasteiger partial charge in [-0.25, -0.2) is 9.78 Å². The third kappa shape index (κ3) is 4.70. The van der Waals surface area contributed by atoms with Gasteiger partial charge in [-0.05, 0) is 26.2 Å². The zero-order valence-electron chi connectivity index (χ0n) is 13.7. The van der Waals surface area contributed by atoms with E-state index < -0.39 is 0 Å². The molecule has 9 heteroatoms. The second kappa shape index (κ2) is 8.48. The van der Waals surface area contributed by atoms with Crippen LogP contribution in [0, 0.1) is 6.92 Å². The summed E-state index contributed by atoms with van der Waals surface area (Å²) >= 11 is 3.30. The van der Waals surface area contributed by atoms with Crippen LogP contribution in [0.1, 0.15) is 36.0 Å². The van der Waals surface area contributed by atoms with E-state index in [1.54, 1.807) is 29.3 Å². The fourth-order valence-electron chi connectivity index (χ4n) is 2.76. The van der Waals surface area contributed by atoms with Gasteiger partial charge in [0.15, 0.2) is 4.34 Å². The Morgan fingerprint density at radius 1 is 1.54 bits per heavy atom. The van der Waals surface area contributed by atoms with E-state index in [-0.39, 0.29) is 6.03 Å². The van der Waals surface area contributed by atoms with Gasteiger partial charge in [-0.15, -0.1) is 10.2 Å². The standard InChI is InChI=1S/C15H22N6OS2/c1-11-19-20-15(24-11)23-9-3-5-18-14(22)21-8-2-4-12(10-21)13-16-6-7-17-13/h6-7,12H,2-5,8-10H2,1H3,(H,16,17)(H,18,22). The van der Waals surface area contributed by atoms with Gasteiger partial charge in [0.25, 0.3) is 0 Å². The SMILES string of the molecule is Cc1nnc(SCCCNC(=O)N2CCCC(c3ncc[nH]3)C2)s1. The number of nitrogens with one attached hydrogen (secondary N) is 2. The Kier molecular flexibility index (Phi) is 6.08. The Morgan fingerprint density at radius 3 is 3.21 bits per heavy atom. The molecule has 24 heavy (non-hydrogen) atoms. The molecule has 2 amide bonds. The minimum atomic E-state index is 0.0306. The quantitative estimate of drug-likeness (QED) is 0.606. The summed E-state index contributed by atoms with van der Waals surface area (Å²) in [6, 6.07) is 0.0306. The number of aryl methyl sites for hydroxylation is 1. The largest absolute Gasteiger partial charge is 0.348 e.